The predicted molar refractivity (Wildman–Crippen MR) is 150 cm³/mol. The number of hydrogen-bond donors (Lipinski definition) is 3. The van der Waals surface area contributed by atoms with Crippen LogP contribution >= 0.6 is 0 Å². The summed E-state index contributed by atoms with van der Waals surface area (Å²) in [5, 5.41) is 12.6. The maximum absolute atomic E-state index is 13.9. The second-order valence-corrected chi connectivity index (χ2v) is 9.83. The summed E-state index contributed by atoms with van der Waals surface area (Å²) in [5.41, 5.74) is 2.23. The number of likely N-dealkylation sites (N-methyl/N-ethyl adjacent to an activating group) is 1. The van der Waals surface area contributed by atoms with Crippen molar-refractivity contribution in [2.45, 2.75) is 26.6 Å². The van der Waals surface area contributed by atoms with Gasteiger partial charge in [-0.1, -0.05) is 24.8 Å². The van der Waals surface area contributed by atoms with Crippen molar-refractivity contribution in [2.75, 3.05) is 43.4 Å². The van der Waals surface area contributed by atoms with E-state index in [9.17, 15) is 18.0 Å². The summed E-state index contributed by atoms with van der Waals surface area (Å²) in [4.78, 5) is 25.4. The van der Waals surface area contributed by atoms with E-state index in [4.69, 9.17) is 0 Å². The number of nitrogens with one attached hydrogen (secondary N) is 3. The number of aryl methyl sites for hydroxylation is 1. The molecule has 12 heteroatoms. The molecule has 5 rings (SSSR count). The van der Waals surface area contributed by atoms with E-state index in [-0.39, 0.29) is 23.6 Å². The number of halogens is 3. The van der Waals surface area contributed by atoms with E-state index in [1.54, 1.807) is 24.7 Å². The number of pyridine rings is 2. The zero-order chi connectivity index (χ0) is 29.0. The molecule has 1 aliphatic heterocycles. The second-order valence-electron chi connectivity index (χ2n) is 9.83. The van der Waals surface area contributed by atoms with Crippen molar-refractivity contribution in [1.29, 1.82) is 0 Å². The Bertz CT molecular complexity index is 1610. The van der Waals surface area contributed by atoms with Crippen molar-refractivity contribution in [1.82, 2.24) is 30.0 Å². The van der Waals surface area contributed by atoms with Gasteiger partial charge in [0.25, 0.3) is 0 Å². The summed E-state index contributed by atoms with van der Waals surface area (Å²) >= 11 is 0. The number of amides is 2. The molecule has 3 N–H and O–H groups in total. The summed E-state index contributed by atoms with van der Waals surface area (Å²) in [6, 6.07) is 6.63. The third-order valence-corrected chi connectivity index (χ3v) is 6.96. The molecule has 1 aromatic carbocycles. The van der Waals surface area contributed by atoms with E-state index in [2.05, 4.69) is 54.5 Å². The number of rotatable bonds is 5. The van der Waals surface area contributed by atoms with Gasteiger partial charge in [0.1, 0.15) is 5.82 Å². The van der Waals surface area contributed by atoms with E-state index < -0.39 is 17.8 Å². The molecule has 212 valence electrons. The fourth-order valence-corrected chi connectivity index (χ4v) is 4.61. The zero-order valence-electron chi connectivity index (χ0n) is 22.6. The standard InChI is InChI=1S/C29H29F3N8O/c1-3-39-8-10-40(11-9-39)18-22-6-7-24(14-25(22)29(30,31)32)36-28(41)37-26-13-21(19(2)15-33-26)5-4-20-12-23-17-35-38-27(23)34-16-20/h6-7,12-17H,3,8-11,18H2,1-2H3,(H,34,35,38)(H2,33,36,37,41). The Morgan fingerprint density at radius 3 is 2.54 bits per heavy atom. The van der Waals surface area contributed by atoms with Crippen molar-refractivity contribution >= 4 is 28.6 Å². The lowest BCUT2D eigenvalue weighted by Gasteiger charge is -2.34. The second kappa shape index (κ2) is 12.0. The zero-order valence-corrected chi connectivity index (χ0v) is 22.6. The van der Waals surface area contributed by atoms with E-state index in [0.717, 1.165) is 36.7 Å². The Labute approximate surface area is 235 Å². The van der Waals surface area contributed by atoms with Gasteiger partial charge in [0.2, 0.25) is 0 Å². The normalized spacial score (nSPS) is 14.5. The summed E-state index contributed by atoms with van der Waals surface area (Å²) in [6.45, 7) is 8.11. The number of carbonyl (C=O) groups is 1. The van der Waals surface area contributed by atoms with Gasteiger partial charge in [-0.15, -0.1) is 0 Å². The predicted octanol–water partition coefficient (Wildman–Crippen LogP) is 4.86. The Morgan fingerprint density at radius 2 is 1.78 bits per heavy atom. The number of H-pyrrole nitrogens is 1. The first-order valence-electron chi connectivity index (χ1n) is 13.2. The molecule has 9 nitrogen and oxygen atoms in total. The monoisotopic (exact) mass is 562 g/mol. The highest BCUT2D eigenvalue weighted by atomic mass is 19.4. The number of carbonyl (C=O) groups excluding carboxylic acids is 1. The third-order valence-electron chi connectivity index (χ3n) is 6.96. The van der Waals surface area contributed by atoms with Crippen molar-refractivity contribution in [3.8, 4) is 11.8 Å². The summed E-state index contributed by atoms with van der Waals surface area (Å²) in [7, 11) is 0. The SMILES string of the molecule is CCN1CCN(Cc2ccc(NC(=O)Nc3cc(C#Cc4cnc5[nH]ncc5c4)c(C)cn3)cc2C(F)(F)F)CC1. The van der Waals surface area contributed by atoms with Gasteiger partial charge in [0, 0.05) is 67.3 Å². The van der Waals surface area contributed by atoms with Crippen LogP contribution in [0, 0.1) is 18.8 Å². The van der Waals surface area contributed by atoms with Crippen molar-refractivity contribution < 1.29 is 18.0 Å². The number of piperazine rings is 1. The van der Waals surface area contributed by atoms with Gasteiger partial charge in [0.05, 0.1) is 11.8 Å². The minimum atomic E-state index is -4.56. The van der Waals surface area contributed by atoms with Crippen LogP contribution in [0.15, 0.2) is 48.9 Å². The molecule has 0 spiro atoms. The van der Waals surface area contributed by atoms with Crippen LogP contribution in [0.25, 0.3) is 11.0 Å². The average Bonchev–Trinajstić information content (AvgIpc) is 3.42. The maximum atomic E-state index is 13.9. The number of fused-ring (bicyclic) bond motifs is 1. The molecular weight excluding hydrogens is 533 g/mol. The van der Waals surface area contributed by atoms with Gasteiger partial charge in [0.15, 0.2) is 5.65 Å². The van der Waals surface area contributed by atoms with E-state index in [1.807, 2.05) is 17.9 Å². The number of hydrogen-bond acceptors (Lipinski definition) is 6. The minimum absolute atomic E-state index is 0.0312. The topological polar surface area (TPSA) is 102 Å². The molecule has 3 aromatic heterocycles. The molecule has 1 fully saturated rings. The highest BCUT2D eigenvalue weighted by Crippen LogP contribution is 2.34. The van der Waals surface area contributed by atoms with E-state index >= 15 is 0 Å². The summed E-state index contributed by atoms with van der Waals surface area (Å²) in [5.74, 6) is 6.30. The Kier molecular flexibility index (Phi) is 8.19. The number of anilines is 2. The molecule has 4 aromatic rings. The Balaban J connectivity index is 1.26. The van der Waals surface area contributed by atoms with Crippen LogP contribution in [0.5, 0.6) is 0 Å². The highest BCUT2D eigenvalue weighted by molar-refractivity contribution is 5.99. The first-order chi connectivity index (χ1) is 19.7. The lowest BCUT2D eigenvalue weighted by molar-refractivity contribution is -0.138. The molecule has 0 saturated carbocycles. The fraction of sp³-hybridized carbons (Fsp3) is 0.310. The summed E-state index contributed by atoms with van der Waals surface area (Å²) in [6.07, 6.45) is 0.293. The quantitative estimate of drug-likeness (QED) is 0.300. The lowest BCUT2D eigenvalue weighted by Crippen LogP contribution is -2.45. The van der Waals surface area contributed by atoms with Gasteiger partial charge in [-0.3, -0.25) is 15.3 Å². The highest BCUT2D eigenvalue weighted by Gasteiger charge is 2.34. The molecule has 41 heavy (non-hydrogen) atoms. The summed E-state index contributed by atoms with van der Waals surface area (Å²) < 4.78 is 41.8. The number of alkyl halides is 3. The molecule has 0 radical (unpaired) electrons. The van der Waals surface area contributed by atoms with Gasteiger partial charge in [-0.2, -0.15) is 18.3 Å². The van der Waals surface area contributed by atoms with Crippen LogP contribution in [-0.2, 0) is 12.7 Å². The number of urea groups is 1. The molecule has 1 aliphatic rings. The first-order valence-corrected chi connectivity index (χ1v) is 13.2. The molecule has 2 amide bonds. The van der Waals surface area contributed by atoms with Gasteiger partial charge in [-0.25, -0.2) is 14.8 Å². The lowest BCUT2D eigenvalue weighted by atomic mass is 10.0. The molecular formula is C29H29F3N8O. The molecule has 4 heterocycles. The molecule has 0 bridgehead atoms. The maximum Gasteiger partial charge on any atom is 0.416 e. The number of aromatic nitrogens is 4. The minimum Gasteiger partial charge on any atom is -0.308 e. The number of benzene rings is 1. The number of nitrogens with zero attached hydrogens (tertiary/aromatic N) is 5. The molecule has 0 atom stereocenters. The van der Waals surface area contributed by atoms with Crippen LogP contribution in [0.3, 0.4) is 0 Å². The third kappa shape index (κ3) is 7.00. The van der Waals surface area contributed by atoms with Crippen LogP contribution in [-0.4, -0.2) is 68.7 Å². The van der Waals surface area contributed by atoms with Crippen LogP contribution < -0.4 is 10.6 Å². The average molecular weight is 563 g/mol. The van der Waals surface area contributed by atoms with Crippen LogP contribution in [0.2, 0.25) is 0 Å². The molecule has 0 aliphatic carbocycles. The Hall–Kier alpha value is -4.47. The Morgan fingerprint density at radius 1 is 1.00 bits per heavy atom. The van der Waals surface area contributed by atoms with E-state index in [0.29, 0.717) is 29.9 Å². The smallest absolute Gasteiger partial charge is 0.308 e. The van der Waals surface area contributed by atoms with Gasteiger partial charge in [-0.05, 0) is 48.9 Å². The van der Waals surface area contributed by atoms with Crippen molar-refractivity contribution in [2.24, 2.45) is 0 Å². The number of aromatic amines is 1. The van der Waals surface area contributed by atoms with E-state index in [1.165, 1.54) is 12.1 Å². The van der Waals surface area contributed by atoms with Crippen LogP contribution in [0.4, 0.5) is 29.5 Å². The van der Waals surface area contributed by atoms with Gasteiger partial charge >= 0.3 is 12.2 Å². The first kappa shape index (κ1) is 28.1. The van der Waals surface area contributed by atoms with Gasteiger partial charge < -0.3 is 10.2 Å². The van der Waals surface area contributed by atoms with Crippen LogP contribution in [0.1, 0.15) is 34.7 Å². The molecule has 0 unspecified atom stereocenters. The fourth-order valence-electron chi connectivity index (χ4n) is 4.61. The molecule has 1 saturated heterocycles. The van der Waals surface area contributed by atoms with Crippen molar-refractivity contribution in [3.63, 3.8) is 0 Å². The largest absolute Gasteiger partial charge is 0.416 e. The van der Waals surface area contributed by atoms with Crippen molar-refractivity contribution in [3.05, 3.63) is 76.7 Å².